The van der Waals surface area contributed by atoms with Gasteiger partial charge in [0.25, 0.3) is 0 Å². The topological polar surface area (TPSA) is 108 Å². The number of nitrogens with one attached hydrogen (secondary N) is 2. The monoisotopic (exact) mass is 495 g/mol. The van der Waals surface area contributed by atoms with Gasteiger partial charge in [0.2, 0.25) is 5.91 Å². The van der Waals surface area contributed by atoms with Gasteiger partial charge >= 0.3 is 6.09 Å². The zero-order chi connectivity index (χ0) is 25.1. The van der Waals surface area contributed by atoms with E-state index in [2.05, 4.69) is 10.6 Å². The summed E-state index contributed by atoms with van der Waals surface area (Å²) >= 11 is 0. The molecule has 1 saturated heterocycles. The summed E-state index contributed by atoms with van der Waals surface area (Å²) in [6.45, 7) is 9.94. The Hall–Kier alpha value is -2.24. The lowest BCUT2D eigenvalue weighted by Gasteiger charge is -2.29. The van der Waals surface area contributed by atoms with Crippen LogP contribution in [0.1, 0.15) is 19.4 Å². The van der Waals surface area contributed by atoms with E-state index in [9.17, 15) is 9.59 Å². The van der Waals surface area contributed by atoms with E-state index in [0.29, 0.717) is 65.9 Å². The fourth-order valence-electron chi connectivity index (χ4n) is 3.34. The third-order valence-electron chi connectivity index (χ3n) is 5.33. The molecule has 1 aromatic rings. The highest BCUT2D eigenvalue weighted by molar-refractivity contribution is 5.86. The molecule has 1 unspecified atom stereocenters. The number of hydrogen-bond acceptors (Lipinski definition) is 8. The fourth-order valence-corrected chi connectivity index (χ4v) is 3.34. The van der Waals surface area contributed by atoms with Crippen LogP contribution in [0, 0.1) is 5.92 Å². The molecule has 1 aromatic carbocycles. The molecule has 0 radical (unpaired) electrons. The molecule has 0 spiro atoms. The number of alkyl carbamates (subject to hydrolysis) is 1. The number of amides is 2. The van der Waals surface area contributed by atoms with Crippen LogP contribution < -0.4 is 10.6 Å². The SMILES string of the molecule is CC(C)C(NC(=O)OCc1ccccc1)C(=O)N1CCOCCOCCNCCOCCOCC1. The lowest BCUT2D eigenvalue weighted by Crippen LogP contribution is -2.52. The lowest BCUT2D eigenvalue weighted by molar-refractivity contribution is -0.136. The number of hydrogen-bond donors (Lipinski definition) is 2. The average Bonchev–Trinajstić information content (AvgIpc) is 2.86. The third-order valence-corrected chi connectivity index (χ3v) is 5.33. The first-order valence-corrected chi connectivity index (χ1v) is 12.4. The van der Waals surface area contributed by atoms with Crippen molar-refractivity contribution in [3.8, 4) is 0 Å². The maximum absolute atomic E-state index is 13.4. The molecule has 2 N–H and O–H groups in total. The van der Waals surface area contributed by atoms with Gasteiger partial charge in [0.05, 0.1) is 52.9 Å². The Kier molecular flexibility index (Phi) is 15.0. The van der Waals surface area contributed by atoms with Crippen LogP contribution >= 0.6 is 0 Å². The predicted octanol–water partition coefficient (Wildman–Crippen LogP) is 1.44. The highest BCUT2D eigenvalue weighted by atomic mass is 16.5. The Morgan fingerprint density at radius 2 is 1.43 bits per heavy atom. The summed E-state index contributed by atoms with van der Waals surface area (Å²) < 4.78 is 27.7. The molecule has 198 valence electrons. The number of nitrogens with zero attached hydrogens (tertiary/aromatic N) is 1. The first-order chi connectivity index (χ1) is 17.1. The Morgan fingerprint density at radius 3 is 1.97 bits per heavy atom. The van der Waals surface area contributed by atoms with Gasteiger partial charge in [0.15, 0.2) is 0 Å². The van der Waals surface area contributed by atoms with Gasteiger partial charge in [-0.25, -0.2) is 4.79 Å². The summed E-state index contributed by atoms with van der Waals surface area (Å²) in [5.41, 5.74) is 0.876. The van der Waals surface area contributed by atoms with Gasteiger partial charge in [-0.3, -0.25) is 4.79 Å². The van der Waals surface area contributed by atoms with E-state index in [1.807, 2.05) is 44.2 Å². The van der Waals surface area contributed by atoms with E-state index in [1.54, 1.807) is 4.90 Å². The molecule has 2 rings (SSSR count). The highest BCUT2D eigenvalue weighted by Crippen LogP contribution is 2.08. The summed E-state index contributed by atoms with van der Waals surface area (Å²) in [7, 11) is 0. The second-order valence-electron chi connectivity index (χ2n) is 8.45. The van der Waals surface area contributed by atoms with Gasteiger partial charge in [-0.05, 0) is 11.5 Å². The van der Waals surface area contributed by atoms with Crippen molar-refractivity contribution < 1.29 is 33.3 Å². The molecular formula is C25H41N3O7. The minimum Gasteiger partial charge on any atom is -0.445 e. The Morgan fingerprint density at radius 1 is 0.886 bits per heavy atom. The highest BCUT2D eigenvalue weighted by Gasteiger charge is 2.29. The third kappa shape index (κ3) is 12.9. The van der Waals surface area contributed by atoms with E-state index in [0.717, 1.165) is 18.7 Å². The molecule has 0 saturated carbocycles. The summed E-state index contributed by atoms with van der Waals surface area (Å²) in [5.74, 6) is -0.325. The summed E-state index contributed by atoms with van der Waals surface area (Å²) in [6, 6.07) is 8.68. The number of benzene rings is 1. The largest absolute Gasteiger partial charge is 0.445 e. The standard InChI is InChI=1S/C25H41N3O7/c1-21(2)23(27-25(30)35-20-22-6-4-3-5-7-22)24(29)28-10-14-33-18-16-31-12-8-26-9-13-32-17-19-34-15-11-28/h3-7,21,23,26H,8-20H2,1-2H3,(H,27,30). The lowest BCUT2D eigenvalue weighted by atomic mass is 10.0. The van der Waals surface area contributed by atoms with Crippen LogP contribution in [0.3, 0.4) is 0 Å². The van der Waals surface area contributed by atoms with E-state index in [1.165, 1.54) is 0 Å². The van der Waals surface area contributed by atoms with Gasteiger partial charge in [0, 0.05) is 26.2 Å². The van der Waals surface area contributed by atoms with E-state index in [4.69, 9.17) is 23.7 Å². The van der Waals surface area contributed by atoms with Crippen molar-refractivity contribution >= 4 is 12.0 Å². The molecule has 10 nitrogen and oxygen atoms in total. The van der Waals surface area contributed by atoms with Crippen LogP contribution in [-0.2, 0) is 35.1 Å². The molecule has 1 fully saturated rings. The number of ether oxygens (including phenoxy) is 5. The minimum absolute atomic E-state index is 0.128. The normalized spacial score (nSPS) is 18.8. The van der Waals surface area contributed by atoms with Crippen LogP contribution in [0.25, 0.3) is 0 Å². The van der Waals surface area contributed by atoms with Crippen molar-refractivity contribution in [1.82, 2.24) is 15.5 Å². The molecule has 10 heteroatoms. The zero-order valence-electron chi connectivity index (χ0n) is 21.0. The van der Waals surface area contributed by atoms with Gasteiger partial charge in [0.1, 0.15) is 12.6 Å². The van der Waals surface area contributed by atoms with Gasteiger partial charge in [-0.2, -0.15) is 0 Å². The molecule has 35 heavy (non-hydrogen) atoms. The molecule has 0 aliphatic carbocycles. The van der Waals surface area contributed by atoms with E-state index in [-0.39, 0.29) is 18.4 Å². The van der Waals surface area contributed by atoms with Gasteiger partial charge in [-0.15, -0.1) is 0 Å². The average molecular weight is 496 g/mol. The summed E-state index contributed by atoms with van der Waals surface area (Å²) in [4.78, 5) is 27.4. The maximum atomic E-state index is 13.4. The predicted molar refractivity (Wildman–Crippen MR) is 131 cm³/mol. The molecule has 1 aliphatic heterocycles. The smallest absolute Gasteiger partial charge is 0.408 e. The molecule has 0 aromatic heterocycles. The molecule has 1 heterocycles. The van der Waals surface area contributed by atoms with Crippen molar-refractivity contribution in [2.45, 2.75) is 26.5 Å². The van der Waals surface area contributed by atoms with Crippen molar-refractivity contribution in [3.63, 3.8) is 0 Å². The van der Waals surface area contributed by atoms with Gasteiger partial charge < -0.3 is 39.2 Å². The summed E-state index contributed by atoms with van der Waals surface area (Å²) in [6.07, 6.45) is -0.626. The van der Waals surface area contributed by atoms with Crippen molar-refractivity contribution in [1.29, 1.82) is 0 Å². The van der Waals surface area contributed by atoms with Crippen LogP contribution in [0.4, 0.5) is 4.79 Å². The van der Waals surface area contributed by atoms with E-state index < -0.39 is 12.1 Å². The van der Waals surface area contributed by atoms with Crippen molar-refractivity contribution in [2.75, 3.05) is 79.0 Å². The van der Waals surface area contributed by atoms with Crippen molar-refractivity contribution in [3.05, 3.63) is 35.9 Å². The van der Waals surface area contributed by atoms with E-state index >= 15 is 0 Å². The minimum atomic E-state index is -0.727. The van der Waals surface area contributed by atoms with Crippen LogP contribution in [0.2, 0.25) is 0 Å². The number of carbonyl (C=O) groups excluding carboxylic acids is 2. The Labute approximate surface area is 208 Å². The fraction of sp³-hybridized carbons (Fsp3) is 0.680. The first-order valence-electron chi connectivity index (χ1n) is 12.4. The number of carbonyl (C=O) groups is 2. The van der Waals surface area contributed by atoms with Crippen LogP contribution in [-0.4, -0.2) is 102 Å². The maximum Gasteiger partial charge on any atom is 0.408 e. The molecule has 1 atom stereocenters. The van der Waals surface area contributed by atoms with Crippen LogP contribution in [0.15, 0.2) is 30.3 Å². The quantitative estimate of drug-likeness (QED) is 0.632. The van der Waals surface area contributed by atoms with Crippen molar-refractivity contribution in [2.24, 2.45) is 5.92 Å². The summed E-state index contributed by atoms with van der Waals surface area (Å²) in [5, 5.41) is 5.98. The zero-order valence-corrected chi connectivity index (χ0v) is 21.0. The van der Waals surface area contributed by atoms with Gasteiger partial charge in [-0.1, -0.05) is 44.2 Å². The second-order valence-corrected chi connectivity index (χ2v) is 8.45. The molecule has 1 aliphatic rings. The second kappa shape index (κ2) is 18.1. The van der Waals surface area contributed by atoms with Crippen LogP contribution in [0.5, 0.6) is 0 Å². The molecular weight excluding hydrogens is 454 g/mol. The molecule has 2 amide bonds. The molecule has 0 bridgehead atoms. The first kappa shape index (κ1) is 29.0. The number of rotatable bonds is 5. The Balaban J connectivity index is 1.89. The Bertz CT molecular complexity index is 688.